The molecule has 0 aliphatic rings. The predicted molar refractivity (Wildman–Crippen MR) is 76.1 cm³/mol. The topological polar surface area (TPSA) is 59.8 Å². The lowest BCUT2D eigenvalue weighted by atomic mass is 10.3. The maximum atomic E-state index is 11.7. The van der Waals surface area contributed by atoms with E-state index in [1.807, 2.05) is 20.0 Å². The fourth-order valence-electron chi connectivity index (χ4n) is 1.48. The van der Waals surface area contributed by atoms with Gasteiger partial charge in [-0.15, -0.1) is 11.3 Å². The molecule has 7 heteroatoms. The summed E-state index contributed by atoms with van der Waals surface area (Å²) in [5.74, 6) is 0. The lowest BCUT2D eigenvalue weighted by Crippen LogP contribution is -2.22. The zero-order valence-corrected chi connectivity index (χ0v) is 12.7. The summed E-state index contributed by atoms with van der Waals surface area (Å²) in [5.41, 5.74) is 0.515. The van der Waals surface area contributed by atoms with Gasteiger partial charge < -0.3 is 5.32 Å². The van der Waals surface area contributed by atoms with Crippen LogP contribution in [0.4, 0.5) is 5.69 Å². The van der Waals surface area contributed by atoms with E-state index in [1.54, 1.807) is 24.6 Å². The van der Waals surface area contributed by atoms with Crippen LogP contribution in [-0.2, 0) is 7.05 Å². The molecule has 1 N–H and O–H groups in total. The van der Waals surface area contributed by atoms with Crippen LogP contribution in [0.2, 0.25) is 0 Å². The van der Waals surface area contributed by atoms with Crippen LogP contribution < -0.4 is 10.9 Å². The van der Waals surface area contributed by atoms with Crippen LogP contribution in [0.5, 0.6) is 0 Å². The molecule has 2 rings (SSSR count). The van der Waals surface area contributed by atoms with Gasteiger partial charge in [0.25, 0.3) is 5.56 Å². The van der Waals surface area contributed by atoms with Gasteiger partial charge in [-0.25, -0.2) is 9.67 Å². The Morgan fingerprint density at radius 3 is 2.83 bits per heavy atom. The van der Waals surface area contributed by atoms with Crippen LogP contribution >= 0.6 is 27.3 Å². The standard InChI is InChI=1S/C11H13BrN4OS/c1-6-4-13-10(18-6)7(2)15-8-5-14-16(3)11(17)9(8)12/h4-5,7,15H,1-3H3. The van der Waals surface area contributed by atoms with Gasteiger partial charge in [0.15, 0.2) is 0 Å². The Morgan fingerprint density at radius 1 is 1.50 bits per heavy atom. The number of hydrogen-bond acceptors (Lipinski definition) is 5. The van der Waals surface area contributed by atoms with Crippen LogP contribution in [0.3, 0.4) is 0 Å². The first-order valence-corrected chi connectivity index (χ1v) is 7.00. The van der Waals surface area contributed by atoms with Crippen molar-refractivity contribution in [1.82, 2.24) is 14.8 Å². The summed E-state index contributed by atoms with van der Waals surface area (Å²) >= 11 is 4.92. The molecule has 0 aliphatic heterocycles. The molecule has 2 aromatic heterocycles. The Labute approximate surface area is 117 Å². The molecule has 0 saturated heterocycles. The molecule has 18 heavy (non-hydrogen) atoms. The first-order chi connectivity index (χ1) is 8.49. The third-order valence-corrected chi connectivity index (χ3v) is 4.32. The normalized spacial score (nSPS) is 12.4. The van der Waals surface area contributed by atoms with Gasteiger partial charge in [0.1, 0.15) is 9.48 Å². The van der Waals surface area contributed by atoms with Crippen LogP contribution in [0.25, 0.3) is 0 Å². The summed E-state index contributed by atoms with van der Waals surface area (Å²) in [6.07, 6.45) is 3.47. The van der Waals surface area contributed by atoms with E-state index < -0.39 is 0 Å². The molecule has 0 amide bonds. The number of aryl methyl sites for hydroxylation is 2. The Balaban J connectivity index is 2.25. The zero-order valence-electron chi connectivity index (χ0n) is 10.3. The molecule has 0 aromatic carbocycles. The van der Waals surface area contributed by atoms with Crippen LogP contribution in [-0.4, -0.2) is 14.8 Å². The monoisotopic (exact) mass is 328 g/mol. The average Bonchev–Trinajstić information content (AvgIpc) is 2.77. The summed E-state index contributed by atoms with van der Waals surface area (Å²) < 4.78 is 1.77. The zero-order chi connectivity index (χ0) is 13.3. The molecule has 1 atom stereocenters. The number of anilines is 1. The number of thiazole rings is 1. The van der Waals surface area contributed by atoms with Crippen LogP contribution in [0.15, 0.2) is 21.7 Å². The molecular weight excluding hydrogens is 316 g/mol. The molecule has 0 bridgehead atoms. The first kappa shape index (κ1) is 13.2. The van der Waals surface area contributed by atoms with E-state index in [-0.39, 0.29) is 11.6 Å². The summed E-state index contributed by atoms with van der Waals surface area (Å²) in [5, 5.41) is 8.21. The summed E-state index contributed by atoms with van der Waals surface area (Å²) in [6, 6.07) is 0.0360. The summed E-state index contributed by atoms with van der Waals surface area (Å²) in [7, 11) is 1.62. The van der Waals surface area contributed by atoms with E-state index >= 15 is 0 Å². The summed E-state index contributed by atoms with van der Waals surface area (Å²) in [4.78, 5) is 17.2. The number of hydrogen-bond donors (Lipinski definition) is 1. The van der Waals surface area contributed by atoms with E-state index in [9.17, 15) is 4.79 Å². The van der Waals surface area contributed by atoms with Crippen molar-refractivity contribution in [3.63, 3.8) is 0 Å². The average molecular weight is 329 g/mol. The highest BCUT2D eigenvalue weighted by Gasteiger charge is 2.13. The fourth-order valence-corrected chi connectivity index (χ4v) is 2.73. The minimum atomic E-state index is -0.164. The predicted octanol–water partition coefficient (Wildman–Crippen LogP) is 2.48. The number of nitrogens with one attached hydrogen (secondary N) is 1. The third kappa shape index (κ3) is 2.62. The summed E-state index contributed by atoms with van der Waals surface area (Å²) in [6.45, 7) is 4.02. The quantitative estimate of drug-likeness (QED) is 0.940. The van der Waals surface area contributed by atoms with E-state index in [2.05, 4.69) is 31.3 Å². The van der Waals surface area contributed by atoms with Gasteiger partial charge in [-0.3, -0.25) is 4.79 Å². The second-order valence-corrected chi connectivity index (χ2v) is 6.04. The number of aromatic nitrogens is 3. The highest BCUT2D eigenvalue weighted by molar-refractivity contribution is 9.10. The minimum Gasteiger partial charge on any atom is -0.374 e. The minimum absolute atomic E-state index is 0.0360. The number of rotatable bonds is 3. The Kier molecular flexibility index (Phi) is 3.82. The van der Waals surface area contributed by atoms with Crippen molar-refractivity contribution in [2.75, 3.05) is 5.32 Å². The van der Waals surface area contributed by atoms with Gasteiger partial charge >= 0.3 is 0 Å². The van der Waals surface area contributed by atoms with Crippen molar-refractivity contribution in [2.24, 2.45) is 7.05 Å². The van der Waals surface area contributed by atoms with Crippen molar-refractivity contribution < 1.29 is 0 Å². The highest BCUT2D eigenvalue weighted by Crippen LogP contribution is 2.25. The van der Waals surface area contributed by atoms with Gasteiger partial charge in [-0.05, 0) is 29.8 Å². The third-order valence-electron chi connectivity index (χ3n) is 2.46. The Bertz CT molecular complexity index is 622. The molecule has 2 heterocycles. The Morgan fingerprint density at radius 2 is 2.22 bits per heavy atom. The lowest BCUT2D eigenvalue weighted by molar-refractivity contribution is 0.701. The van der Waals surface area contributed by atoms with E-state index in [4.69, 9.17) is 0 Å². The van der Waals surface area contributed by atoms with Gasteiger partial charge in [0.05, 0.1) is 17.9 Å². The highest BCUT2D eigenvalue weighted by atomic mass is 79.9. The van der Waals surface area contributed by atoms with E-state index in [0.717, 1.165) is 5.01 Å². The molecule has 0 radical (unpaired) electrons. The largest absolute Gasteiger partial charge is 0.374 e. The Hall–Kier alpha value is -1.21. The van der Waals surface area contributed by atoms with Gasteiger partial charge in [-0.1, -0.05) is 0 Å². The van der Waals surface area contributed by atoms with Gasteiger partial charge in [0.2, 0.25) is 0 Å². The smallest absolute Gasteiger partial charge is 0.282 e. The fraction of sp³-hybridized carbons (Fsp3) is 0.364. The van der Waals surface area contributed by atoms with Crippen molar-refractivity contribution in [3.05, 3.63) is 37.1 Å². The maximum absolute atomic E-state index is 11.7. The molecule has 0 fully saturated rings. The molecule has 2 aromatic rings. The first-order valence-electron chi connectivity index (χ1n) is 5.39. The van der Waals surface area contributed by atoms with Crippen LogP contribution in [0.1, 0.15) is 22.9 Å². The van der Waals surface area contributed by atoms with Gasteiger partial charge in [-0.2, -0.15) is 5.10 Å². The number of nitrogens with zero attached hydrogens (tertiary/aromatic N) is 3. The van der Waals surface area contributed by atoms with Crippen molar-refractivity contribution in [2.45, 2.75) is 19.9 Å². The van der Waals surface area contributed by atoms with Crippen LogP contribution in [0, 0.1) is 6.92 Å². The maximum Gasteiger partial charge on any atom is 0.282 e. The molecule has 96 valence electrons. The molecule has 5 nitrogen and oxygen atoms in total. The van der Waals surface area contributed by atoms with Crippen molar-refractivity contribution in [3.8, 4) is 0 Å². The molecule has 0 saturated carbocycles. The van der Waals surface area contributed by atoms with E-state index in [1.165, 1.54) is 9.56 Å². The number of halogens is 1. The van der Waals surface area contributed by atoms with E-state index in [0.29, 0.717) is 10.2 Å². The molecule has 1 unspecified atom stereocenters. The lowest BCUT2D eigenvalue weighted by Gasteiger charge is -2.13. The molecule has 0 spiro atoms. The van der Waals surface area contributed by atoms with Gasteiger partial charge in [0, 0.05) is 18.1 Å². The molecule has 0 aliphatic carbocycles. The molecular formula is C11H13BrN4OS. The van der Waals surface area contributed by atoms with Crippen molar-refractivity contribution in [1.29, 1.82) is 0 Å². The van der Waals surface area contributed by atoms with Crippen molar-refractivity contribution >= 4 is 33.0 Å². The second kappa shape index (κ2) is 5.19. The SMILES string of the molecule is Cc1cnc(C(C)Nc2cnn(C)c(=O)c2Br)s1. The second-order valence-electron chi connectivity index (χ2n) is 3.98.